The van der Waals surface area contributed by atoms with Crippen molar-refractivity contribution < 1.29 is 27.3 Å². The summed E-state index contributed by atoms with van der Waals surface area (Å²) in [5, 5.41) is 3.55. The molecule has 7 rings (SSSR count). The monoisotopic (exact) mass is 684 g/mol. The molecule has 0 amide bonds. The standard InChI is InChI=1S/C40H32N2O7S/c1-4-40(2,3)24-14-18-26(19-15-24)49-31-22-30(41-25-16-20-27(21-17-25)50(46,47)48)33-34-32(28-12-8-9-13-29(28)38(33)44)35(39(45)42-36(31)34)37(43)23-10-6-5-7-11-23/h5-22,41H,4H2,1-3H3,(H,42,45)(H,46,47,48). The second-order valence-corrected chi connectivity index (χ2v) is 14.2. The van der Waals surface area contributed by atoms with Gasteiger partial charge in [0.1, 0.15) is 5.75 Å². The van der Waals surface area contributed by atoms with Crippen molar-refractivity contribution in [3.63, 3.8) is 0 Å². The van der Waals surface area contributed by atoms with Crippen LogP contribution in [0.2, 0.25) is 0 Å². The lowest BCUT2D eigenvalue weighted by Gasteiger charge is -2.26. The Morgan fingerprint density at radius 1 is 0.840 bits per heavy atom. The van der Waals surface area contributed by atoms with Crippen LogP contribution in [0.5, 0.6) is 11.5 Å². The molecule has 9 nitrogen and oxygen atoms in total. The summed E-state index contributed by atoms with van der Waals surface area (Å²) in [5.74, 6) is -0.158. The van der Waals surface area contributed by atoms with Gasteiger partial charge in [-0.1, -0.05) is 87.5 Å². The molecule has 1 heterocycles. The van der Waals surface area contributed by atoms with Gasteiger partial charge in [-0.05, 0) is 59.4 Å². The second-order valence-electron chi connectivity index (χ2n) is 12.8. The first-order valence-electron chi connectivity index (χ1n) is 16.0. The number of hydrogen-bond acceptors (Lipinski definition) is 7. The first-order chi connectivity index (χ1) is 23.9. The van der Waals surface area contributed by atoms with Crippen LogP contribution in [0.25, 0.3) is 22.0 Å². The fourth-order valence-corrected chi connectivity index (χ4v) is 6.77. The third-order valence-electron chi connectivity index (χ3n) is 9.37. The van der Waals surface area contributed by atoms with Gasteiger partial charge < -0.3 is 15.0 Å². The highest BCUT2D eigenvalue weighted by molar-refractivity contribution is 7.85. The van der Waals surface area contributed by atoms with Gasteiger partial charge in [0.25, 0.3) is 15.7 Å². The molecule has 3 N–H and O–H groups in total. The predicted octanol–water partition coefficient (Wildman–Crippen LogP) is 8.44. The summed E-state index contributed by atoms with van der Waals surface area (Å²) in [7, 11) is -4.44. The summed E-state index contributed by atoms with van der Waals surface area (Å²) in [4.78, 5) is 45.1. The van der Waals surface area contributed by atoms with E-state index in [1.807, 2.05) is 24.3 Å². The zero-order valence-corrected chi connectivity index (χ0v) is 28.2. The van der Waals surface area contributed by atoms with Crippen molar-refractivity contribution in [1.82, 2.24) is 4.98 Å². The highest BCUT2D eigenvalue weighted by atomic mass is 32.2. The van der Waals surface area contributed by atoms with Crippen molar-refractivity contribution in [2.45, 2.75) is 37.5 Å². The average molecular weight is 685 g/mol. The minimum Gasteiger partial charge on any atom is -0.455 e. The summed E-state index contributed by atoms with van der Waals surface area (Å²) in [5.41, 5.74) is 2.80. The van der Waals surface area contributed by atoms with E-state index in [1.54, 1.807) is 60.7 Å². The molecular formula is C40H32N2O7S. The summed E-state index contributed by atoms with van der Waals surface area (Å²) in [6.07, 6.45) is 0.934. The maximum atomic E-state index is 14.4. The molecule has 0 saturated carbocycles. The maximum Gasteiger partial charge on any atom is 0.294 e. The number of H-pyrrole nitrogens is 1. The SMILES string of the molecule is CCC(C)(C)c1ccc(Oc2cc(Nc3ccc(S(=O)(=O)O)cc3)c3c4c(c(C(=O)c5ccccc5)c(=O)[nH]c24)-c2ccccc2C3=O)cc1. The van der Waals surface area contributed by atoms with Crippen LogP contribution in [-0.4, -0.2) is 29.5 Å². The lowest BCUT2D eigenvalue weighted by molar-refractivity contribution is 0.102. The fourth-order valence-electron chi connectivity index (χ4n) is 6.29. The molecule has 0 atom stereocenters. The summed E-state index contributed by atoms with van der Waals surface area (Å²) in [6, 6.07) is 29.9. The Kier molecular flexibility index (Phi) is 8.01. The third-order valence-corrected chi connectivity index (χ3v) is 10.2. The molecule has 1 aromatic heterocycles. The van der Waals surface area contributed by atoms with E-state index in [2.05, 4.69) is 31.1 Å². The number of hydrogen-bond donors (Lipinski definition) is 3. The van der Waals surface area contributed by atoms with Gasteiger partial charge in [-0.25, -0.2) is 0 Å². The molecular weight excluding hydrogens is 653 g/mol. The molecule has 250 valence electrons. The highest BCUT2D eigenvalue weighted by Gasteiger charge is 2.35. The van der Waals surface area contributed by atoms with Crippen LogP contribution >= 0.6 is 0 Å². The lowest BCUT2D eigenvalue weighted by Crippen LogP contribution is -2.24. The minimum atomic E-state index is -4.44. The Hall–Kier alpha value is -5.84. The molecule has 6 aromatic rings. The molecule has 50 heavy (non-hydrogen) atoms. The van der Waals surface area contributed by atoms with Crippen molar-refractivity contribution in [2.24, 2.45) is 0 Å². The van der Waals surface area contributed by atoms with E-state index in [0.717, 1.165) is 12.0 Å². The minimum absolute atomic E-state index is 0.0541. The number of pyridine rings is 1. The third kappa shape index (κ3) is 5.68. The number of nitrogens with one attached hydrogen (secondary N) is 2. The van der Waals surface area contributed by atoms with Crippen molar-refractivity contribution in [3.8, 4) is 22.6 Å². The molecule has 5 aromatic carbocycles. The Morgan fingerprint density at radius 3 is 2.12 bits per heavy atom. The zero-order valence-electron chi connectivity index (χ0n) is 27.4. The number of benzene rings is 5. The Morgan fingerprint density at radius 2 is 1.48 bits per heavy atom. The molecule has 0 radical (unpaired) electrons. The van der Waals surface area contributed by atoms with Gasteiger partial charge in [0.15, 0.2) is 17.3 Å². The van der Waals surface area contributed by atoms with Gasteiger partial charge >= 0.3 is 0 Å². The normalized spacial score (nSPS) is 12.4. The number of carbonyl (C=O) groups excluding carboxylic acids is 2. The molecule has 0 unspecified atom stereocenters. The van der Waals surface area contributed by atoms with Crippen LogP contribution in [0.1, 0.15) is 64.6 Å². The number of aromatic amines is 1. The van der Waals surface area contributed by atoms with Gasteiger partial charge in [-0.2, -0.15) is 8.42 Å². The molecule has 0 bridgehead atoms. The Bertz CT molecular complexity index is 2500. The van der Waals surface area contributed by atoms with Crippen LogP contribution in [0, 0.1) is 0 Å². The van der Waals surface area contributed by atoms with E-state index in [-0.39, 0.29) is 38.5 Å². The van der Waals surface area contributed by atoms with E-state index < -0.39 is 21.5 Å². The van der Waals surface area contributed by atoms with Crippen LogP contribution < -0.4 is 15.6 Å². The van der Waals surface area contributed by atoms with E-state index in [0.29, 0.717) is 44.8 Å². The predicted molar refractivity (Wildman–Crippen MR) is 193 cm³/mol. The topological polar surface area (TPSA) is 143 Å². The first-order valence-corrected chi connectivity index (χ1v) is 17.4. The van der Waals surface area contributed by atoms with E-state index in [4.69, 9.17) is 4.74 Å². The first kappa shape index (κ1) is 32.7. The van der Waals surface area contributed by atoms with Crippen molar-refractivity contribution in [3.05, 3.63) is 147 Å². The number of ketones is 2. The van der Waals surface area contributed by atoms with Crippen molar-refractivity contribution in [1.29, 1.82) is 0 Å². The Labute approximate surface area is 288 Å². The fraction of sp³-hybridized carbons (Fsp3) is 0.125. The molecule has 1 aliphatic rings. The zero-order chi connectivity index (χ0) is 35.4. The number of aromatic nitrogens is 1. The largest absolute Gasteiger partial charge is 0.455 e. The lowest BCUT2D eigenvalue weighted by atomic mass is 9.80. The molecule has 0 saturated heterocycles. The quantitative estimate of drug-likeness (QED) is 0.102. The van der Waals surface area contributed by atoms with Crippen LogP contribution in [0.15, 0.2) is 119 Å². The van der Waals surface area contributed by atoms with Gasteiger partial charge in [0.2, 0.25) is 0 Å². The molecule has 0 spiro atoms. The molecule has 10 heteroatoms. The second kappa shape index (κ2) is 12.2. The van der Waals surface area contributed by atoms with E-state index >= 15 is 0 Å². The molecule has 0 fully saturated rings. The van der Waals surface area contributed by atoms with E-state index in [9.17, 15) is 27.4 Å². The number of rotatable bonds is 9. The van der Waals surface area contributed by atoms with Crippen LogP contribution in [0.3, 0.4) is 0 Å². The van der Waals surface area contributed by atoms with Gasteiger partial charge in [0, 0.05) is 33.8 Å². The summed E-state index contributed by atoms with van der Waals surface area (Å²) < 4.78 is 39.4. The maximum absolute atomic E-state index is 14.4. The molecule has 0 aliphatic heterocycles. The van der Waals surface area contributed by atoms with Crippen molar-refractivity contribution in [2.75, 3.05) is 5.32 Å². The summed E-state index contributed by atoms with van der Waals surface area (Å²) >= 11 is 0. The Balaban J connectivity index is 1.51. The summed E-state index contributed by atoms with van der Waals surface area (Å²) in [6.45, 7) is 6.43. The van der Waals surface area contributed by atoms with Crippen molar-refractivity contribution >= 4 is 44.0 Å². The van der Waals surface area contributed by atoms with Crippen LogP contribution in [0.4, 0.5) is 11.4 Å². The number of anilines is 2. The highest BCUT2D eigenvalue weighted by Crippen LogP contribution is 2.47. The molecule has 1 aliphatic carbocycles. The van der Waals surface area contributed by atoms with Gasteiger partial charge in [-0.15, -0.1) is 0 Å². The number of fused-ring (bicyclic) bond motifs is 2. The number of carbonyl (C=O) groups is 2. The number of ether oxygens (including phenoxy) is 1. The average Bonchev–Trinajstić information content (AvgIpc) is 3.11. The van der Waals surface area contributed by atoms with Gasteiger partial charge in [-0.3, -0.25) is 18.9 Å². The van der Waals surface area contributed by atoms with E-state index in [1.165, 1.54) is 24.3 Å². The van der Waals surface area contributed by atoms with Gasteiger partial charge in [0.05, 0.1) is 27.2 Å². The van der Waals surface area contributed by atoms with Crippen LogP contribution in [-0.2, 0) is 15.5 Å². The smallest absolute Gasteiger partial charge is 0.294 e.